The van der Waals surface area contributed by atoms with Gasteiger partial charge in [0.15, 0.2) is 11.6 Å². The molecule has 0 aromatic heterocycles. The van der Waals surface area contributed by atoms with Gasteiger partial charge in [-0.2, -0.15) is 4.39 Å². The number of ether oxygens (including phenoxy) is 2. The second-order valence-corrected chi connectivity index (χ2v) is 5.75. The fourth-order valence-corrected chi connectivity index (χ4v) is 2.56. The third-order valence-corrected chi connectivity index (χ3v) is 3.96. The van der Waals surface area contributed by atoms with Gasteiger partial charge in [-0.1, -0.05) is 30.3 Å². The summed E-state index contributed by atoms with van der Waals surface area (Å²) in [6, 6.07) is 11.7. The standard InChI is InChI=1S/C18H18F2O3/c19-16-8-15(23-14-6-13(7-14)10-21)9-17(18(16)20)22-11-12-4-2-1-3-5-12/h1-5,8-9,13-14,21H,6-7,10-11H2. The van der Waals surface area contributed by atoms with Crippen molar-refractivity contribution in [1.82, 2.24) is 0 Å². The molecular weight excluding hydrogens is 302 g/mol. The van der Waals surface area contributed by atoms with Crippen LogP contribution in [0.1, 0.15) is 18.4 Å². The van der Waals surface area contributed by atoms with Gasteiger partial charge in [-0.15, -0.1) is 0 Å². The minimum Gasteiger partial charge on any atom is -0.490 e. The lowest BCUT2D eigenvalue weighted by Crippen LogP contribution is -2.35. The van der Waals surface area contributed by atoms with Crippen LogP contribution in [0.25, 0.3) is 0 Å². The number of hydrogen-bond acceptors (Lipinski definition) is 3. The Kier molecular flexibility index (Phi) is 4.76. The van der Waals surface area contributed by atoms with Gasteiger partial charge in [0.2, 0.25) is 5.82 Å². The summed E-state index contributed by atoms with van der Waals surface area (Å²) in [6.07, 6.45) is 1.37. The maximum absolute atomic E-state index is 13.8. The van der Waals surface area contributed by atoms with Gasteiger partial charge < -0.3 is 14.6 Å². The van der Waals surface area contributed by atoms with Gasteiger partial charge in [0.25, 0.3) is 0 Å². The molecule has 0 radical (unpaired) electrons. The zero-order chi connectivity index (χ0) is 16.2. The summed E-state index contributed by atoms with van der Waals surface area (Å²) < 4.78 is 38.5. The molecule has 5 heteroatoms. The van der Waals surface area contributed by atoms with E-state index in [0.29, 0.717) is 0 Å². The molecule has 3 rings (SSSR count). The van der Waals surface area contributed by atoms with E-state index in [1.54, 1.807) is 0 Å². The van der Waals surface area contributed by atoms with E-state index in [0.717, 1.165) is 24.5 Å². The van der Waals surface area contributed by atoms with Gasteiger partial charge in [-0.05, 0) is 24.3 Å². The molecule has 1 aliphatic rings. The summed E-state index contributed by atoms with van der Waals surface area (Å²) in [5, 5.41) is 8.99. The Labute approximate surface area is 133 Å². The molecule has 0 aliphatic heterocycles. The lowest BCUT2D eigenvalue weighted by atomic mass is 9.83. The van der Waals surface area contributed by atoms with Gasteiger partial charge in [0, 0.05) is 18.7 Å². The minimum atomic E-state index is -1.02. The van der Waals surface area contributed by atoms with E-state index in [-0.39, 0.29) is 36.7 Å². The number of aliphatic hydroxyl groups excluding tert-OH is 1. The quantitative estimate of drug-likeness (QED) is 0.882. The molecule has 0 heterocycles. The monoisotopic (exact) mass is 320 g/mol. The zero-order valence-electron chi connectivity index (χ0n) is 12.5. The van der Waals surface area contributed by atoms with E-state index in [1.165, 1.54) is 6.07 Å². The van der Waals surface area contributed by atoms with Crippen LogP contribution in [-0.4, -0.2) is 17.8 Å². The summed E-state index contributed by atoms with van der Waals surface area (Å²) in [5.74, 6) is -1.70. The number of benzene rings is 2. The Morgan fingerprint density at radius 1 is 1.09 bits per heavy atom. The van der Waals surface area contributed by atoms with E-state index < -0.39 is 11.6 Å². The molecule has 0 atom stereocenters. The van der Waals surface area contributed by atoms with Crippen molar-refractivity contribution >= 4 is 0 Å². The van der Waals surface area contributed by atoms with Gasteiger partial charge >= 0.3 is 0 Å². The third kappa shape index (κ3) is 3.79. The lowest BCUT2D eigenvalue weighted by molar-refractivity contribution is 0.0320. The number of aliphatic hydroxyl groups is 1. The lowest BCUT2D eigenvalue weighted by Gasteiger charge is -2.34. The normalized spacial score (nSPS) is 20.0. The number of hydrogen-bond donors (Lipinski definition) is 1. The molecule has 1 fully saturated rings. The largest absolute Gasteiger partial charge is 0.490 e. The average Bonchev–Trinajstić information content (AvgIpc) is 2.53. The van der Waals surface area contributed by atoms with Crippen LogP contribution in [0.15, 0.2) is 42.5 Å². The molecule has 1 aliphatic carbocycles. The van der Waals surface area contributed by atoms with Crippen LogP contribution in [0.4, 0.5) is 8.78 Å². The predicted molar refractivity (Wildman–Crippen MR) is 81.4 cm³/mol. The maximum atomic E-state index is 13.8. The fourth-order valence-electron chi connectivity index (χ4n) is 2.56. The van der Waals surface area contributed by atoms with Crippen molar-refractivity contribution in [2.24, 2.45) is 5.92 Å². The minimum absolute atomic E-state index is 0.0704. The summed E-state index contributed by atoms with van der Waals surface area (Å²) in [7, 11) is 0. The smallest absolute Gasteiger partial charge is 0.200 e. The molecule has 0 unspecified atom stereocenters. The Hall–Kier alpha value is -2.14. The van der Waals surface area contributed by atoms with Gasteiger partial charge in [-0.25, -0.2) is 4.39 Å². The number of halogens is 2. The van der Waals surface area contributed by atoms with Crippen molar-refractivity contribution in [2.75, 3.05) is 6.61 Å². The first kappa shape index (κ1) is 15.7. The second kappa shape index (κ2) is 6.96. The van der Waals surface area contributed by atoms with E-state index >= 15 is 0 Å². The van der Waals surface area contributed by atoms with Crippen LogP contribution >= 0.6 is 0 Å². The summed E-state index contributed by atoms with van der Waals surface area (Å²) >= 11 is 0. The highest BCUT2D eigenvalue weighted by Crippen LogP contribution is 2.33. The molecule has 122 valence electrons. The van der Waals surface area contributed by atoms with E-state index in [9.17, 15) is 8.78 Å². The highest BCUT2D eigenvalue weighted by molar-refractivity contribution is 5.36. The molecule has 2 aromatic carbocycles. The first-order valence-corrected chi connectivity index (χ1v) is 7.59. The molecule has 0 saturated heterocycles. The Morgan fingerprint density at radius 2 is 1.83 bits per heavy atom. The highest BCUT2D eigenvalue weighted by atomic mass is 19.2. The first-order valence-electron chi connectivity index (χ1n) is 7.59. The van der Waals surface area contributed by atoms with Gasteiger partial charge in [0.1, 0.15) is 12.4 Å². The molecule has 1 N–H and O–H groups in total. The SMILES string of the molecule is OCC1CC(Oc2cc(F)c(F)c(OCc3ccccc3)c2)C1. The van der Waals surface area contributed by atoms with E-state index in [4.69, 9.17) is 14.6 Å². The van der Waals surface area contributed by atoms with Crippen LogP contribution in [0, 0.1) is 17.6 Å². The van der Waals surface area contributed by atoms with Crippen molar-refractivity contribution < 1.29 is 23.4 Å². The predicted octanol–water partition coefficient (Wildman–Crippen LogP) is 3.69. The molecule has 2 aromatic rings. The van der Waals surface area contributed by atoms with Crippen LogP contribution in [0.2, 0.25) is 0 Å². The van der Waals surface area contributed by atoms with Crippen molar-refractivity contribution in [3.63, 3.8) is 0 Å². The summed E-state index contributed by atoms with van der Waals surface area (Å²) in [5.41, 5.74) is 0.864. The Morgan fingerprint density at radius 3 is 2.52 bits per heavy atom. The third-order valence-electron chi connectivity index (χ3n) is 3.96. The Bertz CT molecular complexity index is 655. The second-order valence-electron chi connectivity index (χ2n) is 5.75. The van der Waals surface area contributed by atoms with Crippen LogP contribution in [0.5, 0.6) is 11.5 Å². The van der Waals surface area contributed by atoms with E-state index in [2.05, 4.69) is 0 Å². The molecule has 23 heavy (non-hydrogen) atoms. The molecule has 0 bridgehead atoms. The van der Waals surface area contributed by atoms with Crippen molar-refractivity contribution in [3.8, 4) is 11.5 Å². The maximum Gasteiger partial charge on any atom is 0.200 e. The van der Waals surface area contributed by atoms with Crippen molar-refractivity contribution in [3.05, 3.63) is 59.7 Å². The zero-order valence-corrected chi connectivity index (χ0v) is 12.5. The summed E-state index contributed by atoms with van der Waals surface area (Å²) in [6.45, 7) is 0.278. The highest BCUT2D eigenvalue weighted by Gasteiger charge is 2.30. The molecule has 3 nitrogen and oxygen atoms in total. The first-order chi connectivity index (χ1) is 11.2. The molecule has 1 saturated carbocycles. The Balaban J connectivity index is 1.67. The van der Waals surface area contributed by atoms with Gasteiger partial charge in [0.05, 0.1) is 6.10 Å². The van der Waals surface area contributed by atoms with Crippen LogP contribution < -0.4 is 9.47 Å². The fraction of sp³-hybridized carbons (Fsp3) is 0.333. The van der Waals surface area contributed by atoms with Crippen LogP contribution in [-0.2, 0) is 6.61 Å². The number of rotatable bonds is 6. The average molecular weight is 320 g/mol. The van der Waals surface area contributed by atoms with Crippen molar-refractivity contribution in [2.45, 2.75) is 25.6 Å². The van der Waals surface area contributed by atoms with Crippen molar-refractivity contribution in [1.29, 1.82) is 0 Å². The van der Waals surface area contributed by atoms with E-state index in [1.807, 2.05) is 30.3 Å². The molecule has 0 amide bonds. The molecule has 0 spiro atoms. The van der Waals surface area contributed by atoms with Gasteiger partial charge in [-0.3, -0.25) is 0 Å². The summed E-state index contributed by atoms with van der Waals surface area (Å²) in [4.78, 5) is 0. The topological polar surface area (TPSA) is 38.7 Å². The van der Waals surface area contributed by atoms with Crippen LogP contribution in [0.3, 0.4) is 0 Å². The molecular formula is C18H18F2O3.